The Hall–Kier alpha value is -4.17. The zero-order valence-corrected chi connectivity index (χ0v) is 19.7. The van der Waals surface area contributed by atoms with E-state index >= 15 is 0 Å². The Morgan fingerprint density at radius 3 is 1.97 bits per heavy atom. The van der Waals surface area contributed by atoms with Crippen molar-refractivity contribution in [3.63, 3.8) is 0 Å². The number of carbonyl (C=O) groups is 3. The SMILES string of the molecule is O=C(NO)c1ccc(NC(=O)N2CCC(N3C(=O)[C@H](c4ccccc4)[C@H]3c3ccccc3)CC2)cc1. The fourth-order valence-corrected chi connectivity index (χ4v) is 5.23. The summed E-state index contributed by atoms with van der Waals surface area (Å²) in [6, 6.07) is 26.2. The highest BCUT2D eigenvalue weighted by atomic mass is 16.5. The summed E-state index contributed by atoms with van der Waals surface area (Å²) in [4.78, 5) is 41.4. The third kappa shape index (κ3) is 4.55. The van der Waals surface area contributed by atoms with Crippen LogP contribution in [-0.2, 0) is 4.79 Å². The van der Waals surface area contributed by atoms with E-state index in [2.05, 4.69) is 17.4 Å². The molecule has 3 N–H and O–H groups in total. The zero-order valence-electron chi connectivity index (χ0n) is 19.7. The number of nitrogens with zero attached hydrogens (tertiary/aromatic N) is 2. The minimum absolute atomic E-state index is 0.0129. The molecule has 2 heterocycles. The standard InChI is InChI=1S/C28H28N4O4/c33-26(30-36)21-11-13-22(14-12-21)29-28(35)31-17-15-23(16-18-31)32-25(20-9-5-2-6-10-20)24(27(32)34)19-7-3-1-4-8-19/h1-14,23-25,36H,15-18H2,(H,29,35)(H,30,33)/t24-,25-/m1/s1. The number of nitrogens with one attached hydrogen (secondary N) is 2. The first-order valence-electron chi connectivity index (χ1n) is 12.1. The van der Waals surface area contributed by atoms with Crippen molar-refractivity contribution >= 4 is 23.5 Å². The molecule has 2 saturated heterocycles. The van der Waals surface area contributed by atoms with E-state index in [0.717, 1.165) is 11.1 Å². The molecule has 0 aromatic heterocycles. The molecule has 0 spiro atoms. The molecule has 184 valence electrons. The minimum Gasteiger partial charge on any atom is -0.331 e. The number of likely N-dealkylation sites (tertiary alicyclic amines) is 2. The molecule has 5 rings (SSSR count). The summed E-state index contributed by atoms with van der Waals surface area (Å²) in [7, 11) is 0. The van der Waals surface area contributed by atoms with E-state index in [9.17, 15) is 14.4 Å². The van der Waals surface area contributed by atoms with Gasteiger partial charge in [0.05, 0.1) is 12.0 Å². The van der Waals surface area contributed by atoms with E-state index in [0.29, 0.717) is 31.6 Å². The molecular formula is C28H28N4O4. The summed E-state index contributed by atoms with van der Waals surface area (Å²) >= 11 is 0. The van der Waals surface area contributed by atoms with Crippen LogP contribution in [0.2, 0.25) is 0 Å². The summed E-state index contributed by atoms with van der Waals surface area (Å²) in [5, 5.41) is 11.6. The van der Waals surface area contributed by atoms with E-state index in [1.54, 1.807) is 22.5 Å². The second kappa shape index (κ2) is 10.2. The number of amides is 4. The quantitative estimate of drug-likeness (QED) is 0.287. The van der Waals surface area contributed by atoms with Gasteiger partial charge in [-0.1, -0.05) is 60.7 Å². The molecule has 2 aliphatic heterocycles. The molecular weight excluding hydrogens is 456 g/mol. The molecule has 4 amide bonds. The number of urea groups is 1. The van der Waals surface area contributed by atoms with Crippen molar-refractivity contribution in [3.05, 3.63) is 102 Å². The molecule has 3 aromatic rings. The highest BCUT2D eigenvalue weighted by molar-refractivity contribution is 5.95. The fraction of sp³-hybridized carbons (Fsp3) is 0.250. The average Bonchev–Trinajstić information content (AvgIpc) is 2.93. The van der Waals surface area contributed by atoms with Crippen molar-refractivity contribution in [2.45, 2.75) is 30.8 Å². The van der Waals surface area contributed by atoms with Gasteiger partial charge in [0.2, 0.25) is 5.91 Å². The molecule has 0 radical (unpaired) electrons. The lowest BCUT2D eigenvalue weighted by atomic mass is 9.76. The van der Waals surface area contributed by atoms with Gasteiger partial charge in [0, 0.05) is 30.4 Å². The minimum atomic E-state index is -0.612. The van der Waals surface area contributed by atoms with Gasteiger partial charge >= 0.3 is 6.03 Å². The molecule has 8 heteroatoms. The lowest BCUT2D eigenvalue weighted by Crippen LogP contribution is -2.60. The maximum Gasteiger partial charge on any atom is 0.321 e. The molecule has 0 unspecified atom stereocenters. The molecule has 2 atom stereocenters. The normalized spacial score (nSPS) is 20.0. The van der Waals surface area contributed by atoms with Crippen molar-refractivity contribution in [1.29, 1.82) is 0 Å². The van der Waals surface area contributed by atoms with Crippen LogP contribution >= 0.6 is 0 Å². The van der Waals surface area contributed by atoms with Gasteiger partial charge in [-0.2, -0.15) is 0 Å². The largest absolute Gasteiger partial charge is 0.331 e. The molecule has 8 nitrogen and oxygen atoms in total. The Bertz CT molecular complexity index is 1230. The van der Waals surface area contributed by atoms with E-state index in [4.69, 9.17) is 5.21 Å². The smallest absolute Gasteiger partial charge is 0.321 e. The maximum absolute atomic E-state index is 13.4. The summed E-state index contributed by atoms with van der Waals surface area (Å²) < 4.78 is 0. The Kier molecular flexibility index (Phi) is 6.69. The van der Waals surface area contributed by atoms with Crippen LogP contribution in [0.25, 0.3) is 0 Å². The summed E-state index contributed by atoms with van der Waals surface area (Å²) in [5.41, 5.74) is 4.59. The van der Waals surface area contributed by atoms with Crippen LogP contribution < -0.4 is 10.8 Å². The van der Waals surface area contributed by atoms with Crippen molar-refractivity contribution < 1.29 is 19.6 Å². The first-order chi connectivity index (χ1) is 17.6. The van der Waals surface area contributed by atoms with Crippen LogP contribution in [0, 0.1) is 0 Å². The number of hydrogen-bond acceptors (Lipinski definition) is 4. The van der Waals surface area contributed by atoms with E-state index in [-0.39, 0.29) is 35.5 Å². The Morgan fingerprint density at radius 2 is 1.39 bits per heavy atom. The number of rotatable bonds is 5. The predicted molar refractivity (Wildman–Crippen MR) is 135 cm³/mol. The van der Waals surface area contributed by atoms with Crippen LogP contribution in [0.4, 0.5) is 10.5 Å². The lowest BCUT2D eigenvalue weighted by Gasteiger charge is -2.53. The van der Waals surface area contributed by atoms with Crippen LogP contribution in [0.15, 0.2) is 84.9 Å². The monoisotopic (exact) mass is 484 g/mol. The number of hydroxylamine groups is 1. The maximum atomic E-state index is 13.4. The second-order valence-corrected chi connectivity index (χ2v) is 9.16. The van der Waals surface area contributed by atoms with Gasteiger partial charge in [0.1, 0.15) is 0 Å². The zero-order chi connectivity index (χ0) is 25.1. The van der Waals surface area contributed by atoms with Gasteiger partial charge in [0.15, 0.2) is 0 Å². The highest BCUT2D eigenvalue weighted by Gasteiger charge is 2.51. The van der Waals surface area contributed by atoms with Gasteiger partial charge in [-0.25, -0.2) is 10.3 Å². The predicted octanol–water partition coefficient (Wildman–Crippen LogP) is 4.17. The first-order valence-corrected chi connectivity index (χ1v) is 12.1. The number of hydrogen-bond donors (Lipinski definition) is 3. The first kappa shape index (κ1) is 23.6. The van der Waals surface area contributed by atoms with Gasteiger partial charge in [-0.05, 0) is 48.2 Å². The van der Waals surface area contributed by atoms with Crippen LogP contribution in [0.1, 0.15) is 46.3 Å². The summed E-state index contributed by atoms with van der Waals surface area (Å²) in [5.74, 6) is -0.658. The molecule has 2 aliphatic rings. The molecule has 3 aromatic carbocycles. The van der Waals surface area contributed by atoms with Crippen LogP contribution in [-0.4, -0.2) is 52.0 Å². The summed E-state index contributed by atoms with van der Waals surface area (Å²) in [6.07, 6.45) is 1.42. The van der Waals surface area contributed by atoms with Gasteiger partial charge in [-0.15, -0.1) is 0 Å². The Morgan fingerprint density at radius 1 is 0.806 bits per heavy atom. The Balaban J connectivity index is 1.24. The topological polar surface area (TPSA) is 102 Å². The lowest BCUT2D eigenvalue weighted by molar-refractivity contribution is -0.156. The van der Waals surface area contributed by atoms with Crippen LogP contribution in [0.3, 0.4) is 0 Å². The fourth-order valence-electron chi connectivity index (χ4n) is 5.23. The van der Waals surface area contributed by atoms with Crippen molar-refractivity contribution in [3.8, 4) is 0 Å². The average molecular weight is 485 g/mol. The molecule has 36 heavy (non-hydrogen) atoms. The van der Waals surface area contributed by atoms with Crippen LogP contribution in [0.5, 0.6) is 0 Å². The van der Waals surface area contributed by atoms with E-state index < -0.39 is 5.91 Å². The molecule has 0 bridgehead atoms. The molecule has 0 aliphatic carbocycles. The van der Waals surface area contributed by atoms with Crippen molar-refractivity contribution in [1.82, 2.24) is 15.3 Å². The van der Waals surface area contributed by atoms with Crippen molar-refractivity contribution in [2.75, 3.05) is 18.4 Å². The van der Waals surface area contributed by atoms with E-state index in [1.807, 2.05) is 53.4 Å². The second-order valence-electron chi connectivity index (χ2n) is 9.16. The number of benzene rings is 3. The van der Waals surface area contributed by atoms with Crippen molar-refractivity contribution in [2.24, 2.45) is 0 Å². The third-order valence-electron chi connectivity index (χ3n) is 7.08. The van der Waals surface area contributed by atoms with Gasteiger partial charge < -0.3 is 15.1 Å². The van der Waals surface area contributed by atoms with Gasteiger partial charge in [-0.3, -0.25) is 14.8 Å². The van der Waals surface area contributed by atoms with E-state index in [1.165, 1.54) is 12.1 Å². The molecule has 2 fully saturated rings. The van der Waals surface area contributed by atoms with Gasteiger partial charge in [0.25, 0.3) is 5.91 Å². The number of carbonyl (C=O) groups excluding carboxylic acids is 3. The molecule has 0 saturated carbocycles. The number of piperidine rings is 1. The summed E-state index contributed by atoms with van der Waals surface area (Å²) in [6.45, 7) is 1.09. The highest BCUT2D eigenvalue weighted by Crippen LogP contribution is 2.48. The third-order valence-corrected chi connectivity index (χ3v) is 7.08. The number of anilines is 1. The Labute approximate surface area is 209 Å². The number of β-lactam (4-membered cyclic amide) rings is 1.